The van der Waals surface area contributed by atoms with E-state index in [2.05, 4.69) is 20.8 Å². The molecular weight excluding hydrogens is 234 g/mol. The van der Waals surface area contributed by atoms with E-state index in [-0.39, 0.29) is 5.41 Å². The Morgan fingerprint density at radius 1 is 1.33 bits per heavy atom. The number of piperidine rings is 1. The van der Waals surface area contributed by atoms with Crippen LogP contribution >= 0.6 is 10.7 Å². The number of rotatable bonds is 3. The van der Waals surface area contributed by atoms with Gasteiger partial charge in [-0.3, -0.25) is 0 Å². The van der Waals surface area contributed by atoms with E-state index in [0.29, 0.717) is 19.0 Å². The van der Waals surface area contributed by atoms with E-state index >= 15 is 0 Å². The van der Waals surface area contributed by atoms with Gasteiger partial charge in [0.05, 0.1) is 0 Å². The van der Waals surface area contributed by atoms with E-state index in [9.17, 15) is 8.42 Å². The minimum atomic E-state index is -3.50. The summed E-state index contributed by atoms with van der Waals surface area (Å²) >= 11 is 0. The topological polar surface area (TPSA) is 37.4 Å². The minimum Gasteiger partial charge on any atom is -0.195 e. The maximum absolute atomic E-state index is 11.1. The monoisotopic (exact) mass is 253 g/mol. The predicted octanol–water partition coefficient (Wildman–Crippen LogP) is 2.62. The van der Waals surface area contributed by atoms with Gasteiger partial charge in [0.2, 0.25) is 0 Å². The lowest BCUT2D eigenvalue weighted by atomic mass is 9.75. The molecule has 5 heteroatoms. The van der Waals surface area contributed by atoms with Crippen LogP contribution in [-0.4, -0.2) is 25.8 Å². The summed E-state index contributed by atoms with van der Waals surface area (Å²) in [5.41, 5.74) is 0.284. The second-order valence-corrected chi connectivity index (χ2v) is 7.76. The fourth-order valence-electron chi connectivity index (χ4n) is 2.43. The van der Waals surface area contributed by atoms with Crippen LogP contribution in [0.15, 0.2) is 0 Å². The SMILES string of the molecule is CC(C)CC1(C)CCN(S(=O)(=O)Cl)CC1. The molecular formula is C10H20ClNO2S. The highest BCUT2D eigenvalue weighted by Gasteiger charge is 2.34. The molecule has 15 heavy (non-hydrogen) atoms. The molecule has 1 aliphatic heterocycles. The Morgan fingerprint density at radius 2 is 1.80 bits per heavy atom. The number of hydrogen-bond donors (Lipinski definition) is 0. The summed E-state index contributed by atoms with van der Waals surface area (Å²) in [7, 11) is 1.81. The Balaban J connectivity index is 2.55. The minimum absolute atomic E-state index is 0.284. The van der Waals surface area contributed by atoms with Crippen molar-refractivity contribution in [1.82, 2.24) is 4.31 Å². The highest BCUT2D eigenvalue weighted by atomic mass is 35.7. The molecule has 0 spiro atoms. The Kier molecular flexibility index (Phi) is 4.07. The summed E-state index contributed by atoms with van der Waals surface area (Å²) in [6, 6.07) is 0. The van der Waals surface area contributed by atoms with E-state index in [1.54, 1.807) is 0 Å². The lowest BCUT2D eigenvalue weighted by Crippen LogP contribution is -2.40. The van der Waals surface area contributed by atoms with Crippen molar-refractivity contribution >= 4 is 19.9 Å². The van der Waals surface area contributed by atoms with Crippen LogP contribution in [-0.2, 0) is 9.24 Å². The molecule has 0 aromatic heterocycles. The molecule has 0 aliphatic carbocycles. The van der Waals surface area contributed by atoms with Gasteiger partial charge in [0.25, 0.3) is 9.24 Å². The van der Waals surface area contributed by atoms with E-state index in [4.69, 9.17) is 10.7 Å². The third kappa shape index (κ3) is 3.93. The van der Waals surface area contributed by atoms with Gasteiger partial charge >= 0.3 is 0 Å². The quantitative estimate of drug-likeness (QED) is 0.725. The number of nitrogens with zero attached hydrogens (tertiary/aromatic N) is 1. The largest absolute Gasteiger partial charge is 0.299 e. The molecule has 1 rings (SSSR count). The van der Waals surface area contributed by atoms with Gasteiger partial charge in [0, 0.05) is 23.8 Å². The highest BCUT2D eigenvalue weighted by molar-refractivity contribution is 8.11. The summed E-state index contributed by atoms with van der Waals surface area (Å²) in [5, 5.41) is 0. The lowest BCUT2D eigenvalue weighted by Gasteiger charge is -2.38. The average molecular weight is 254 g/mol. The van der Waals surface area contributed by atoms with Crippen molar-refractivity contribution in [2.24, 2.45) is 11.3 Å². The number of halogens is 1. The van der Waals surface area contributed by atoms with Gasteiger partial charge in [-0.2, -0.15) is 12.7 Å². The Labute approximate surface area is 97.3 Å². The second kappa shape index (κ2) is 4.60. The van der Waals surface area contributed by atoms with Crippen molar-refractivity contribution in [3.63, 3.8) is 0 Å². The zero-order valence-corrected chi connectivity index (χ0v) is 11.2. The van der Waals surface area contributed by atoms with Crippen molar-refractivity contribution in [3.05, 3.63) is 0 Å². The first-order valence-corrected chi connectivity index (χ1v) is 7.69. The van der Waals surface area contributed by atoms with Crippen LogP contribution in [0.25, 0.3) is 0 Å². The number of hydrogen-bond acceptors (Lipinski definition) is 2. The molecule has 0 bridgehead atoms. The molecule has 0 saturated carbocycles. The van der Waals surface area contributed by atoms with Gasteiger partial charge < -0.3 is 0 Å². The molecule has 0 amide bonds. The fraction of sp³-hybridized carbons (Fsp3) is 1.00. The van der Waals surface area contributed by atoms with Crippen molar-refractivity contribution in [3.8, 4) is 0 Å². The van der Waals surface area contributed by atoms with Crippen LogP contribution in [0.2, 0.25) is 0 Å². The van der Waals surface area contributed by atoms with Gasteiger partial charge in [-0.05, 0) is 30.6 Å². The first-order valence-electron chi connectivity index (χ1n) is 5.43. The molecule has 90 valence electrons. The Bertz CT molecular complexity index is 305. The molecule has 0 radical (unpaired) electrons. The van der Waals surface area contributed by atoms with Crippen LogP contribution in [0.4, 0.5) is 0 Å². The molecule has 0 N–H and O–H groups in total. The van der Waals surface area contributed by atoms with E-state index in [1.165, 1.54) is 4.31 Å². The summed E-state index contributed by atoms with van der Waals surface area (Å²) in [4.78, 5) is 0. The maximum Gasteiger partial charge on any atom is 0.299 e. The summed E-state index contributed by atoms with van der Waals surface area (Å²) in [6.45, 7) is 7.78. The standard InChI is InChI=1S/C10H20ClNO2S/c1-9(2)8-10(3)4-6-12(7-5-10)15(11,13)14/h9H,4-8H2,1-3H3. The fourth-order valence-corrected chi connectivity index (χ4v) is 3.47. The molecule has 0 aromatic carbocycles. The van der Waals surface area contributed by atoms with Crippen LogP contribution < -0.4 is 0 Å². The highest BCUT2D eigenvalue weighted by Crippen LogP contribution is 2.37. The molecule has 3 nitrogen and oxygen atoms in total. The van der Waals surface area contributed by atoms with Crippen LogP contribution in [0.3, 0.4) is 0 Å². The molecule has 1 saturated heterocycles. The normalized spacial score (nSPS) is 23.3. The smallest absolute Gasteiger partial charge is 0.195 e. The molecule has 0 unspecified atom stereocenters. The first kappa shape index (κ1) is 13.3. The van der Waals surface area contributed by atoms with Crippen molar-refractivity contribution in [2.45, 2.75) is 40.0 Å². The Hall–Kier alpha value is 0.200. The van der Waals surface area contributed by atoms with Crippen LogP contribution in [0.1, 0.15) is 40.0 Å². The average Bonchev–Trinajstić information content (AvgIpc) is 2.00. The Morgan fingerprint density at radius 3 is 2.13 bits per heavy atom. The second-order valence-electron chi connectivity index (χ2n) is 5.25. The molecule has 0 aromatic rings. The summed E-state index contributed by atoms with van der Waals surface area (Å²) in [6.07, 6.45) is 2.98. The first-order chi connectivity index (χ1) is 6.73. The molecule has 0 atom stereocenters. The van der Waals surface area contributed by atoms with Gasteiger partial charge in [-0.1, -0.05) is 20.8 Å². The van der Waals surface area contributed by atoms with E-state index < -0.39 is 9.24 Å². The van der Waals surface area contributed by atoms with Gasteiger partial charge in [-0.15, -0.1) is 0 Å². The third-order valence-corrected chi connectivity index (χ3v) is 4.71. The summed E-state index contributed by atoms with van der Waals surface area (Å²) in [5.74, 6) is 0.661. The molecule has 1 aliphatic rings. The van der Waals surface area contributed by atoms with Crippen molar-refractivity contribution < 1.29 is 8.42 Å². The lowest BCUT2D eigenvalue weighted by molar-refractivity contribution is 0.146. The predicted molar refractivity (Wildman–Crippen MR) is 63.1 cm³/mol. The zero-order valence-electron chi connectivity index (χ0n) is 9.66. The van der Waals surface area contributed by atoms with Crippen molar-refractivity contribution in [2.75, 3.05) is 13.1 Å². The third-order valence-electron chi connectivity index (χ3n) is 3.14. The summed E-state index contributed by atoms with van der Waals surface area (Å²) < 4.78 is 23.6. The van der Waals surface area contributed by atoms with Gasteiger partial charge in [0.1, 0.15) is 0 Å². The van der Waals surface area contributed by atoms with Gasteiger partial charge in [-0.25, -0.2) is 0 Å². The molecule has 1 heterocycles. The van der Waals surface area contributed by atoms with E-state index in [0.717, 1.165) is 19.3 Å². The maximum atomic E-state index is 11.1. The van der Waals surface area contributed by atoms with Crippen LogP contribution in [0.5, 0.6) is 0 Å². The van der Waals surface area contributed by atoms with Crippen LogP contribution in [0, 0.1) is 11.3 Å². The molecule has 1 fully saturated rings. The van der Waals surface area contributed by atoms with Crippen molar-refractivity contribution in [1.29, 1.82) is 0 Å². The zero-order chi connectivity index (χ0) is 11.7. The van der Waals surface area contributed by atoms with Gasteiger partial charge in [0.15, 0.2) is 0 Å². The van der Waals surface area contributed by atoms with E-state index in [1.807, 2.05) is 0 Å².